The molecule has 1 unspecified atom stereocenters. The highest BCUT2D eigenvalue weighted by Crippen LogP contribution is 2.07. The van der Waals surface area contributed by atoms with E-state index in [9.17, 15) is 9.18 Å². The second kappa shape index (κ2) is 8.44. The lowest BCUT2D eigenvalue weighted by molar-refractivity contribution is 0.0963. The van der Waals surface area contributed by atoms with Gasteiger partial charge in [0.15, 0.2) is 0 Å². The van der Waals surface area contributed by atoms with Crippen LogP contribution in [-0.4, -0.2) is 25.5 Å². The number of carbonyl (C=O) groups is 1. The van der Waals surface area contributed by atoms with E-state index in [-0.39, 0.29) is 11.7 Å². The maximum absolute atomic E-state index is 12.9. The Morgan fingerprint density at radius 3 is 2.57 bits per heavy atom. The predicted octanol–water partition coefficient (Wildman–Crippen LogP) is 2.95. The van der Waals surface area contributed by atoms with Gasteiger partial charge in [0, 0.05) is 18.7 Å². The van der Waals surface area contributed by atoms with Crippen molar-refractivity contribution in [1.29, 1.82) is 0 Å². The molecule has 0 aliphatic rings. The van der Waals surface area contributed by atoms with Gasteiger partial charge in [-0.25, -0.2) is 4.39 Å². The molecule has 0 aliphatic carbocycles. The maximum Gasteiger partial charge on any atom is 0.251 e. The van der Waals surface area contributed by atoms with Gasteiger partial charge in [-0.2, -0.15) is 0 Å². The summed E-state index contributed by atoms with van der Waals surface area (Å²) in [6.07, 6.45) is 1.72. The van der Waals surface area contributed by atoms with Gasteiger partial charge in [-0.1, -0.05) is 24.3 Å². The molecule has 23 heavy (non-hydrogen) atoms. The van der Waals surface area contributed by atoms with Crippen molar-refractivity contribution in [2.75, 3.05) is 13.6 Å². The van der Waals surface area contributed by atoms with Gasteiger partial charge in [-0.3, -0.25) is 4.79 Å². The van der Waals surface area contributed by atoms with Crippen LogP contribution in [-0.2, 0) is 12.8 Å². The highest BCUT2D eigenvalue weighted by atomic mass is 19.1. The van der Waals surface area contributed by atoms with Gasteiger partial charge < -0.3 is 10.6 Å². The molecule has 0 aliphatic heterocycles. The summed E-state index contributed by atoms with van der Waals surface area (Å²) < 4.78 is 12.9. The van der Waals surface area contributed by atoms with Gasteiger partial charge in [-0.05, 0) is 61.7 Å². The number of hydrogen-bond donors (Lipinski definition) is 2. The fraction of sp³-hybridized carbons (Fsp3) is 0.316. The highest BCUT2D eigenvalue weighted by molar-refractivity contribution is 5.94. The molecule has 122 valence electrons. The molecule has 0 spiro atoms. The van der Waals surface area contributed by atoms with E-state index in [1.807, 2.05) is 36.4 Å². The van der Waals surface area contributed by atoms with Gasteiger partial charge in [-0.15, -0.1) is 0 Å². The Balaban J connectivity index is 1.80. The van der Waals surface area contributed by atoms with Crippen molar-refractivity contribution >= 4 is 5.91 Å². The maximum atomic E-state index is 12.9. The largest absolute Gasteiger partial charge is 0.355 e. The van der Waals surface area contributed by atoms with Crippen molar-refractivity contribution in [3.05, 3.63) is 71.0 Å². The first-order valence-electron chi connectivity index (χ1n) is 7.87. The van der Waals surface area contributed by atoms with Crippen LogP contribution in [0.4, 0.5) is 4.39 Å². The average Bonchev–Trinajstić information content (AvgIpc) is 2.56. The minimum Gasteiger partial charge on any atom is -0.355 e. The lowest BCUT2D eigenvalue weighted by Gasteiger charge is -2.14. The predicted molar refractivity (Wildman–Crippen MR) is 91.1 cm³/mol. The number of benzene rings is 2. The molecule has 0 bridgehead atoms. The van der Waals surface area contributed by atoms with Crippen molar-refractivity contribution in [3.63, 3.8) is 0 Å². The summed E-state index contributed by atoms with van der Waals surface area (Å²) >= 11 is 0. The fourth-order valence-electron chi connectivity index (χ4n) is 2.52. The van der Waals surface area contributed by atoms with Crippen LogP contribution >= 0.6 is 0 Å². The third kappa shape index (κ3) is 5.49. The summed E-state index contributed by atoms with van der Waals surface area (Å²) in [4.78, 5) is 11.6. The van der Waals surface area contributed by atoms with Crippen LogP contribution in [0.5, 0.6) is 0 Å². The highest BCUT2D eigenvalue weighted by Gasteiger charge is 2.05. The molecule has 2 aromatic rings. The minimum atomic E-state index is -0.203. The second-order valence-corrected chi connectivity index (χ2v) is 5.72. The van der Waals surface area contributed by atoms with Gasteiger partial charge in [0.25, 0.3) is 5.91 Å². The summed E-state index contributed by atoms with van der Waals surface area (Å²) in [7, 11) is 1.63. The summed E-state index contributed by atoms with van der Waals surface area (Å²) in [6.45, 7) is 2.95. The number of carbonyl (C=O) groups excluding carboxylic acids is 1. The summed E-state index contributed by atoms with van der Waals surface area (Å²) in [5.41, 5.74) is 2.94. The Morgan fingerprint density at radius 1 is 1.13 bits per heavy atom. The van der Waals surface area contributed by atoms with E-state index in [0.29, 0.717) is 11.6 Å². The molecule has 0 saturated carbocycles. The molecule has 0 radical (unpaired) electrons. The minimum absolute atomic E-state index is 0.0653. The van der Waals surface area contributed by atoms with Crippen LogP contribution in [0.15, 0.2) is 48.5 Å². The van der Waals surface area contributed by atoms with Crippen molar-refractivity contribution in [1.82, 2.24) is 10.6 Å². The van der Waals surface area contributed by atoms with E-state index in [2.05, 4.69) is 17.6 Å². The first-order chi connectivity index (χ1) is 11.1. The molecular formula is C19H23FN2O. The zero-order valence-corrected chi connectivity index (χ0v) is 13.6. The third-order valence-electron chi connectivity index (χ3n) is 3.78. The molecule has 1 atom stereocenters. The molecule has 2 N–H and O–H groups in total. The molecular weight excluding hydrogens is 291 g/mol. The standard InChI is InChI=1S/C19H23FN2O/c1-14(12-16-6-8-18(20)9-7-16)22-11-10-15-4-3-5-17(13-15)19(23)21-2/h3-9,13-14,22H,10-12H2,1-2H3,(H,21,23). The van der Waals surface area contributed by atoms with E-state index in [0.717, 1.165) is 30.5 Å². The molecule has 2 rings (SSSR count). The molecule has 4 heteroatoms. The van der Waals surface area contributed by atoms with Crippen molar-refractivity contribution in [2.24, 2.45) is 0 Å². The molecule has 0 aromatic heterocycles. The average molecular weight is 314 g/mol. The number of hydrogen-bond acceptors (Lipinski definition) is 2. The van der Waals surface area contributed by atoms with Gasteiger partial charge in [0.05, 0.1) is 0 Å². The van der Waals surface area contributed by atoms with Gasteiger partial charge in [0.2, 0.25) is 0 Å². The first kappa shape index (κ1) is 17.2. The van der Waals surface area contributed by atoms with Crippen LogP contribution < -0.4 is 10.6 Å². The molecule has 2 aromatic carbocycles. The zero-order chi connectivity index (χ0) is 16.7. The molecule has 1 amide bonds. The normalized spacial score (nSPS) is 12.0. The van der Waals surface area contributed by atoms with Crippen molar-refractivity contribution < 1.29 is 9.18 Å². The van der Waals surface area contributed by atoms with Crippen molar-refractivity contribution in [3.8, 4) is 0 Å². The SMILES string of the molecule is CNC(=O)c1cccc(CCNC(C)Cc2ccc(F)cc2)c1. The summed E-state index contributed by atoms with van der Waals surface area (Å²) in [6, 6.07) is 14.6. The number of rotatable bonds is 7. The number of halogens is 1. The smallest absolute Gasteiger partial charge is 0.251 e. The summed E-state index contributed by atoms with van der Waals surface area (Å²) in [5.74, 6) is -0.269. The Bertz CT molecular complexity index is 640. The third-order valence-corrected chi connectivity index (χ3v) is 3.78. The van der Waals surface area contributed by atoms with Gasteiger partial charge >= 0.3 is 0 Å². The van der Waals surface area contributed by atoms with Crippen LogP contribution in [0.3, 0.4) is 0 Å². The Hall–Kier alpha value is -2.20. The number of nitrogens with one attached hydrogen (secondary N) is 2. The van der Waals surface area contributed by atoms with E-state index < -0.39 is 0 Å². The summed E-state index contributed by atoms with van der Waals surface area (Å²) in [5, 5.41) is 6.10. The van der Waals surface area contributed by atoms with E-state index in [1.165, 1.54) is 12.1 Å². The Labute approximate surface area is 136 Å². The lowest BCUT2D eigenvalue weighted by atomic mass is 10.1. The van der Waals surface area contributed by atoms with Gasteiger partial charge in [0.1, 0.15) is 5.82 Å². The molecule has 0 heterocycles. The Morgan fingerprint density at radius 2 is 1.87 bits per heavy atom. The van der Waals surface area contributed by atoms with Crippen LogP contribution in [0.25, 0.3) is 0 Å². The Kier molecular flexibility index (Phi) is 6.29. The molecule has 0 fully saturated rings. The second-order valence-electron chi connectivity index (χ2n) is 5.72. The van der Waals surface area contributed by atoms with Crippen molar-refractivity contribution in [2.45, 2.75) is 25.8 Å². The number of amides is 1. The lowest BCUT2D eigenvalue weighted by Crippen LogP contribution is -2.30. The first-order valence-corrected chi connectivity index (χ1v) is 7.87. The molecule has 0 saturated heterocycles. The fourth-order valence-corrected chi connectivity index (χ4v) is 2.52. The quantitative estimate of drug-likeness (QED) is 0.825. The van der Waals surface area contributed by atoms with Crippen LogP contribution in [0.1, 0.15) is 28.4 Å². The van der Waals surface area contributed by atoms with E-state index in [1.54, 1.807) is 7.05 Å². The van der Waals surface area contributed by atoms with Crippen LogP contribution in [0.2, 0.25) is 0 Å². The zero-order valence-electron chi connectivity index (χ0n) is 13.6. The van der Waals surface area contributed by atoms with E-state index >= 15 is 0 Å². The van der Waals surface area contributed by atoms with E-state index in [4.69, 9.17) is 0 Å². The molecule has 3 nitrogen and oxygen atoms in total. The topological polar surface area (TPSA) is 41.1 Å². The monoisotopic (exact) mass is 314 g/mol. The van der Waals surface area contributed by atoms with Crippen LogP contribution in [0, 0.1) is 5.82 Å².